The van der Waals surface area contributed by atoms with Crippen molar-refractivity contribution in [2.75, 3.05) is 7.11 Å². The van der Waals surface area contributed by atoms with Crippen molar-refractivity contribution in [3.8, 4) is 0 Å². The lowest BCUT2D eigenvalue weighted by Gasteiger charge is -2.24. The lowest BCUT2D eigenvalue weighted by molar-refractivity contribution is -0.146. The van der Waals surface area contributed by atoms with Crippen molar-refractivity contribution >= 4 is 11.9 Å². The van der Waals surface area contributed by atoms with Gasteiger partial charge in [0.05, 0.1) is 7.11 Å². The molecule has 0 aromatic rings. The maximum absolute atomic E-state index is 11.7. The summed E-state index contributed by atoms with van der Waals surface area (Å²) in [6.45, 7) is 7.39. The fourth-order valence-electron chi connectivity index (χ4n) is 1.43. The van der Waals surface area contributed by atoms with Crippen LogP contribution >= 0.6 is 0 Å². The second-order valence-electron chi connectivity index (χ2n) is 5.12. The lowest BCUT2D eigenvalue weighted by atomic mass is 9.97. The molecule has 2 atom stereocenters. The summed E-state index contributed by atoms with van der Waals surface area (Å²) in [4.78, 5) is 23.3. The summed E-state index contributed by atoms with van der Waals surface area (Å²) in [6.07, 6.45) is 0.961. The monoisotopic (exact) mass is 244 g/mol. The largest absolute Gasteiger partial charge is 0.467 e. The topological polar surface area (TPSA) is 81.4 Å². The molecule has 0 aromatic heterocycles. The highest BCUT2D eigenvalue weighted by Crippen LogP contribution is 2.11. The van der Waals surface area contributed by atoms with E-state index in [0.717, 1.165) is 6.42 Å². The summed E-state index contributed by atoms with van der Waals surface area (Å²) in [6, 6.07) is -0.597. The molecule has 0 aliphatic heterocycles. The number of hydrogen-bond acceptors (Lipinski definition) is 4. The fraction of sp³-hybridized carbons (Fsp3) is 0.833. The average molecular weight is 244 g/mol. The molecule has 0 rings (SSSR count). The van der Waals surface area contributed by atoms with Gasteiger partial charge in [0.2, 0.25) is 5.91 Å². The zero-order valence-electron chi connectivity index (χ0n) is 11.4. The summed E-state index contributed by atoms with van der Waals surface area (Å²) in [7, 11) is 1.32. The summed E-state index contributed by atoms with van der Waals surface area (Å²) < 4.78 is 4.68. The van der Waals surface area contributed by atoms with Gasteiger partial charge in [-0.25, -0.2) is 4.79 Å². The maximum Gasteiger partial charge on any atom is 0.328 e. The van der Waals surface area contributed by atoms with Crippen molar-refractivity contribution in [1.29, 1.82) is 0 Å². The molecule has 0 aromatic carbocycles. The van der Waals surface area contributed by atoms with Crippen molar-refractivity contribution in [3.63, 3.8) is 0 Å². The highest BCUT2D eigenvalue weighted by atomic mass is 16.5. The minimum absolute atomic E-state index is 0.0345. The van der Waals surface area contributed by atoms with Gasteiger partial charge in [0, 0.05) is 12.0 Å². The third-order valence-electron chi connectivity index (χ3n) is 2.60. The molecule has 2 unspecified atom stereocenters. The Morgan fingerprint density at radius 1 is 1.41 bits per heavy atom. The van der Waals surface area contributed by atoms with Crippen LogP contribution in [0.5, 0.6) is 0 Å². The second kappa shape index (κ2) is 6.59. The Hall–Kier alpha value is -1.10. The SMILES string of the molecule is CCC(C)C(NC(=O)CC(C)(C)N)C(=O)OC. The van der Waals surface area contributed by atoms with Gasteiger partial charge in [0.1, 0.15) is 6.04 Å². The van der Waals surface area contributed by atoms with E-state index in [1.807, 2.05) is 13.8 Å². The molecule has 0 heterocycles. The molecule has 100 valence electrons. The average Bonchev–Trinajstić information content (AvgIpc) is 2.21. The first-order chi connectivity index (χ1) is 7.71. The molecule has 17 heavy (non-hydrogen) atoms. The van der Waals surface area contributed by atoms with Gasteiger partial charge in [-0.1, -0.05) is 20.3 Å². The number of nitrogens with one attached hydrogen (secondary N) is 1. The van der Waals surface area contributed by atoms with E-state index < -0.39 is 17.6 Å². The Kier molecular flexibility index (Phi) is 6.16. The van der Waals surface area contributed by atoms with Crippen molar-refractivity contribution in [2.45, 2.75) is 52.1 Å². The van der Waals surface area contributed by atoms with Crippen LogP contribution in [-0.4, -0.2) is 30.6 Å². The van der Waals surface area contributed by atoms with Gasteiger partial charge in [0.15, 0.2) is 0 Å². The smallest absolute Gasteiger partial charge is 0.328 e. The number of esters is 1. The van der Waals surface area contributed by atoms with Crippen LogP contribution in [-0.2, 0) is 14.3 Å². The third kappa shape index (κ3) is 6.26. The summed E-state index contributed by atoms with van der Waals surface area (Å²) >= 11 is 0. The van der Waals surface area contributed by atoms with Gasteiger partial charge in [0.25, 0.3) is 0 Å². The standard InChI is InChI=1S/C12H24N2O3/c1-6-8(2)10(11(16)17-5)14-9(15)7-12(3,4)13/h8,10H,6-7,13H2,1-5H3,(H,14,15). The number of ether oxygens (including phenoxy) is 1. The molecule has 0 bridgehead atoms. The molecular weight excluding hydrogens is 220 g/mol. The fourth-order valence-corrected chi connectivity index (χ4v) is 1.43. The molecule has 5 nitrogen and oxygen atoms in total. The molecule has 0 saturated carbocycles. The number of methoxy groups -OCH3 is 1. The number of carbonyl (C=O) groups excluding carboxylic acids is 2. The zero-order valence-corrected chi connectivity index (χ0v) is 11.4. The maximum atomic E-state index is 11.7. The Morgan fingerprint density at radius 3 is 2.29 bits per heavy atom. The Balaban J connectivity index is 4.54. The van der Waals surface area contributed by atoms with E-state index in [9.17, 15) is 9.59 Å². The molecule has 0 aliphatic carbocycles. The molecule has 0 spiro atoms. The Labute approximate surface area is 103 Å². The van der Waals surface area contributed by atoms with Gasteiger partial charge < -0.3 is 15.8 Å². The first-order valence-electron chi connectivity index (χ1n) is 5.87. The first-order valence-corrected chi connectivity index (χ1v) is 5.87. The third-order valence-corrected chi connectivity index (χ3v) is 2.60. The highest BCUT2D eigenvalue weighted by Gasteiger charge is 2.28. The predicted molar refractivity (Wildman–Crippen MR) is 66.3 cm³/mol. The second-order valence-corrected chi connectivity index (χ2v) is 5.12. The van der Waals surface area contributed by atoms with Crippen LogP contribution in [0.3, 0.4) is 0 Å². The quantitative estimate of drug-likeness (QED) is 0.678. The van der Waals surface area contributed by atoms with Gasteiger partial charge >= 0.3 is 5.97 Å². The van der Waals surface area contributed by atoms with Crippen LogP contribution in [0, 0.1) is 5.92 Å². The van der Waals surface area contributed by atoms with Crippen LogP contribution in [0.15, 0.2) is 0 Å². The van der Waals surface area contributed by atoms with E-state index in [1.165, 1.54) is 7.11 Å². The molecule has 5 heteroatoms. The van der Waals surface area contributed by atoms with Crippen molar-refractivity contribution in [2.24, 2.45) is 11.7 Å². The van der Waals surface area contributed by atoms with E-state index in [-0.39, 0.29) is 18.2 Å². The van der Waals surface area contributed by atoms with Crippen LogP contribution in [0.1, 0.15) is 40.5 Å². The molecule has 0 fully saturated rings. The summed E-state index contributed by atoms with van der Waals surface area (Å²) in [5.41, 5.74) is 5.17. The predicted octanol–water partition coefficient (Wildman–Crippen LogP) is 0.818. The minimum atomic E-state index is -0.597. The number of carbonyl (C=O) groups is 2. The molecule has 0 aliphatic rings. The van der Waals surface area contributed by atoms with Crippen molar-refractivity contribution < 1.29 is 14.3 Å². The lowest BCUT2D eigenvalue weighted by Crippen LogP contribution is -2.48. The van der Waals surface area contributed by atoms with Crippen LogP contribution in [0.4, 0.5) is 0 Å². The van der Waals surface area contributed by atoms with Gasteiger partial charge in [-0.05, 0) is 19.8 Å². The van der Waals surface area contributed by atoms with Crippen LogP contribution in [0.2, 0.25) is 0 Å². The molecular formula is C12H24N2O3. The normalized spacial score (nSPS) is 14.9. The minimum Gasteiger partial charge on any atom is -0.467 e. The van der Waals surface area contributed by atoms with Crippen LogP contribution < -0.4 is 11.1 Å². The van der Waals surface area contributed by atoms with Crippen molar-refractivity contribution in [1.82, 2.24) is 5.32 Å². The zero-order chi connectivity index (χ0) is 13.6. The first kappa shape index (κ1) is 15.9. The Morgan fingerprint density at radius 2 is 1.94 bits per heavy atom. The molecule has 1 amide bonds. The van der Waals surface area contributed by atoms with E-state index in [1.54, 1.807) is 13.8 Å². The van der Waals surface area contributed by atoms with Gasteiger partial charge in [-0.2, -0.15) is 0 Å². The summed E-state index contributed by atoms with van der Waals surface area (Å²) in [5, 5.41) is 2.68. The molecule has 0 saturated heterocycles. The van der Waals surface area contributed by atoms with Gasteiger partial charge in [-0.15, -0.1) is 0 Å². The molecule has 3 N–H and O–H groups in total. The van der Waals surface area contributed by atoms with E-state index in [0.29, 0.717) is 0 Å². The van der Waals surface area contributed by atoms with E-state index in [4.69, 9.17) is 5.73 Å². The number of rotatable bonds is 6. The number of amides is 1. The van der Waals surface area contributed by atoms with E-state index in [2.05, 4.69) is 10.1 Å². The van der Waals surface area contributed by atoms with Crippen molar-refractivity contribution in [3.05, 3.63) is 0 Å². The Bertz CT molecular complexity index is 271. The molecule has 0 radical (unpaired) electrons. The van der Waals surface area contributed by atoms with Gasteiger partial charge in [-0.3, -0.25) is 4.79 Å². The summed E-state index contributed by atoms with van der Waals surface area (Å²) in [5.74, 6) is -0.608. The van der Waals surface area contributed by atoms with Crippen LogP contribution in [0.25, 0.3) is 0 Å². The number of nitrogens with two attached hydrogens (primary N) is 1. The number of hydrogen-bond donors (Lipinski definition) is 2. The van der Waals surface area contributed by atoms with E-state index >= 15 is 0 Å². The highest BCUT2D eigenvalue weighted by molar-refractivity contribution is 5.85.